The van der Waals surface area contributed by atoms with Gasteiger partial charge in [-0.2, -0.15) is 5.10 Å². The van der Waals surface area contributed by atoms with Crippen molar-refractivity contribution in [1.29, 1.82) is 0 Å². The maximum atomic E-state index is 13.0. The Morgan fingerprint density at radius 2 is 2.15 bits per heavy atom. The zero-order valence-corrected chi connectivity index (χ0v) is 14.0. The van der Waals surface area contributed by atoms with Crippen LogP contribution in [0.15, 0.2) is 41.5 Å². The highest BCUT2D eigenvalue weighted by Crippen LogP contribution is 2.39. The number of halogens is 1. The molecule has 136 valence electrons. The van der Waals surface area contributed by atoms with Gasteiger partial charge in [-0.3, -0.25) is 4.79 Å². The highest BCUT2D eigenvalue weighted by atomic mass is 19.1. The van der Waals surface area contributed by atoms with Crippen molar-refractivity contribution in [3.63, 3.8) is 0 Å². The molecular weight excluding hydrogens is 343 g/mol. The normalized spacial score (nSPS) is 12.7. The Hall–Kier alpha value is -3.29. The summed E-state index contributed by atoms with van der Waals surface area (Å²) in [6.07, 6.45) is 1.45. The second kappa shape index (κ2) is 8.19. The summed E-state index contributed by atoms with van der Waals surface area (Å²) in [4.78, 5) is 11.7. The van der Waals surface area contributed by atoms with Gasteiger partial charge in [0.05, 0.1) is 13.3 Å². The molecule has 3 rings (SSSR count). The minimum atomic E-state index is -0.477. The molecule has 0 spiro atoms. The number of nitrogens with one attached hydrogen (secondary N) is 1. The number of fused-ring (bicyclic) bond motifs is 1. The van der Waals surface area contributed by atoms with Gasteiger partial charge in [0, 0.05) is 11.6 Å². The van der Waals surface area contributed by atoms with Gasteiger partial charge in [0.25, 0.3) is 5.91 Å². The molecule has 0 radical (unpaired) electrons. The summed E-state index contributed by atoms with van der Waals surface area (Å²) in [6.45, 7) is 0.619. The van der Waals surface area contributed by atoms with Crippen LogP contribution in [0.25, 0.3) is 0 Å². The molecule has 0 aliphatic carbocycles. The van der Waals surface area contributed by atoms with Crippen LogP contribution >= 0.6 is 0 Å². The van der Waals surface area contributed by atoms with E-state index in [9.17, 15) is 9.18 Å². The SMILES string of the molecule is COc1cc(/C=N\NC(=O)COc2cccc(F)c2)cc2c1OCCO2. The average molecular weight is 360 g/mol. The smallest absolute Gasteiger partial charge is 0.277 e. The number of rotatable bonds is 6. The molecule has 0 aromatic heterocycles. The molecule has 0 bridgehead atoms. The van der Waals surface area contributed by atoms with E-state index in [0.717, 1.165) is 0 Å². The van der Waals surface area contributed by atoms with Crippen LogP contribution in [0.2, 0.25) is 0 Å². The van der Waals surface area contributed by atoms with E-state index in [1.165, 1.54) is 31.5 Å². The minimum absolute atomic E-state index is 0.265. The standard InChI is InChI=1S/C18H17FN2O5/c1-23-15-7-12(8-16-18(15)25-6-5-24-16)10-20-21-17(22)11-26-14-4-2-3-13(19)9-14/h2-4,7-10H,5-6,11H2,1H3,(H,21,22)/b20-10-. The van der Waals surface area contributed by atoms with Crippen LogP contribution in [0.1, 0.15) is 5.56 Å². The molecule has 1 aliphatic rings. The lowest BCUT2D eigenvalue weighted by atomic mass is 10.2. The van der Waals surface area contributed by atoms with Crippen molar-refractivity contribution in [1.82, 2.24) is 5.43 Å². The van der Waals surface area contributed by atoms with E-state index in [0.29, 0.717) is 36.0 Å². The van der Waals surface area contributed by atoms with E-state index in [1.54, 1.807) is 18.2 Å². The topological polar surface area (TPSA) is 78.4 Å². The zero-order valence-electron chi connectivity index (χ0n) is 14.0. The first-order valence-electron chi connectivity index (χ1n) is 7.83. The molecule has 0 unspecified atom stereocenters. The third-order valence-corrected chi connectivity index (χ3v) is 3.42. The Labute approximate surface area is 149 Å². The number of amides is 1. The van der Waals surface area contributed by atoms with Crippen molar-refractivity contribution in [2.24, 2.45) is 5.10 Å². The summed E-state index contributed by atoms with van der Waals surface area (Å²) < 4.78 is 34.5. The molecule has 0 fully saturated rings. The van der Waals surface area contributed by atoms with Gasteiger partial charge in [-0.1, -0.05) is 6.07 Å². The fourth-order valence-electron chi connectivity index (χ4n) is 2.28. The first-order chi connectivity index (χ1) is 12.7. The van der Waals surface area contributed by atoms with Gasteiger partial charge in [0.15, 0.2) is 18.1 Å². The van der Waals surface area contributed by atoms with Crippen LogP contribution < -0.4 is 24.4 Å². The van der Waals surface area contributed by atoms with Crippen LogP contribution in [0, 0.1) is 5.82 Å². The zero-order chi connectivity index (χ0) is 18.4. The summed E-state index contributed by atoms with van der Waals surface area (Å²) in [5, 5.41) is 3.87. The maximum absolute atomic E-state index is 13.0. The predicted octanol–water partition coefficient (Wildman–Crippen LogP) is 2.13. The van der Waals surface area contributed by atoms with Gasteiger partial charge < -0.3 is 18.9 Å². The van der Waals surface area contributed by atoms with Gasteiger partial charge in [0.1, 0.15) is 24.8 Å². The van der Waals surface area contributed by atoms with Gasteiger partial charge in [-0.05, 0) is 24.3 Å². The van der Waals surface area contributed by atoms with E-state index in [4.69, 9.17) is 18.9 Å². The van der Waals surface area contributed by atoms with Gasteiger partial charge in [0.2, 0.25) is 5.75 Å². The Morgan fingerprint density at radius 3 is 2.96 bits per heavy atom. The number of methoxy groups -OCH3 is 1. The van der Waals surface area contributed by atoms with Crippen molar-refractivity contribution >= 4 is 12.1 Å². The quantitative estimate of drug-likeness (QED) is 0.631. The summed E-state index contributed by atoms with van der Waals surface area (Å²) in [5.74, 6) is 0.967. The molecule has 0 saturated carbocycles. The fourth-order valence-corrected chi connectivity index (χ4v) is 2.28. The van der Waals surface area contributed by atoms with E-state index in [-0.39, 0.29) is 12.4 Å². The number of ether oxygens (including phenoxy) is 4. The Bertz CT molecular complexity index is 808. The van der Waals surface area contributed by atoms with E-state index >= 15 is 0 Å². The Morgan fingerprint density at radius 1 is 1.31 bits per heavy atom. The molecule has 2 aromatic rings. The third kappa shape index (κ3) is 4.41. The first kappa shape index (κ1) is 17.5. The van der Waals surface area contributed by atoms with Crippen LogP contribution in [0.5, 0.6) is 23.0 Å². The second-order valence-electron chi connectivity index (χ2n) is 5.29. The van der Waals surface area contributed by atoms with Gasteiger partial charge >= 0.3 is 0 Å². The van der Waals surface area contributed by atoms with E-state index in [1.807, 2.05) is 0 Å². The predicted molar refractivity (Wildman–Crippen MR) is 91.6 cm³/mol. The largest absolute Gasteiger partial charge is 0.493 e. The van der Waals surface area contributed by atoms with Crippen LogP contribution in [0.3, 0.4) is 0 Å². The lowest BCUT2D eigenvalue weighted by Gasteiger charge is -2.20. The lowest BCUT2D eigenvalue weighted by Crippen LogP contribution is -2.24. The molecule has 0 saturated heterocycles. The van der Waals surface area contributed by atoms with Crippen molar-refractivity contribution in [3.8, 4) is 23.0 Å². The average Bonchev–Trinajstić information content (AvgIpc) is 2.66. The highest BCUT2D eigenvalue weighted by molar-refractivity contribution is 5.84. The number of nitrogens with zero attached hydrogens (tertiary/aromatic N) is 1. The summed E-state index contributed by atoms with van der Waals surface area (Å²) in [7, 11) is 1.53. The van der Waals surface area contributed by atoms with E-state index in [2.05, 4.69) is 10.5 Å². The van der Waals surface area contributed by atoms with Crippen molar-refractivity contribution < 1.29 is 28.1 Å². The van der Waals surface area contributed by atoms with Crippen molar-refractivity contribution in [2.75, 3.05) is 26.9 Å². The Kier molecular flexibility index (Phi) is 5.52. The van der Waals surface area contributed by atoms with Gasteiger partial charge in [-0.15, -0.1) is 0 Å². The number of hydrazone groups is 1. The van der Waals surface area contributed by atoms with Crippen molar-refractivity contribution in [3.05, 3.63) is 47.8 Å². The van der Waals surface area contributed by atoms with Crippen LogP contribution in [0.4, 0.5) is 4.39 Å². The molecule has 0 atom stereocenters. The lowest BCUT2D eigenvalue weighted by molar-refractivity contribution is -0.123. The number of carbonyl (C=O) groups excluding carboxylic acids is 1. The Balaban J connectivity index is 1.57. The summed E-state index contributed by atoms with van der Waals surface area (Å²) in [6, 6.07) is 8.98. The molecule has 2 aromatic carbocycles. The minimum Gasteiger partial charge on any atom is -0.493 e. The summed E-state index contributed by atoms with van der Waals surface area (Å²) >= 11 is 0. The molecule has 8 heteroatoms. The van der Waals surface area contributed by atoms with E-state index < -0.39 is 11.7 Å². The molecule has 7 nitrogen and oxygen atoms in total. The maximum Gasteiger partial charge on any atom is 0.277 e. The third-order valence-electron chi connectivity index (χ3n) is 3.42. The number of hydrogen-bond acceptors (Lipinski definition) is 6. The van der Waals surface area contributed by atoms with Crippen LogP contribution in [-0.2, 0) is 4.79 Å². The molecule has 1 N–H and O–H groups in total. The molecule has 26 heavy (non-hydrogen) atoms. The number of carbonyl (C=O) groups is 1. The molecule has 1 heterocycles. The number of hydrogen-bond donors (Lipinski definition) is 1. The second-order valence-corrected chi connectivity index (χ2v) is 5.29. The highest BCUT2D eigenvalue weighted by Gasteiger charge is 2.17. The van der Waals surface area contributed by atoms with Crippen LogP contribution in [-0.4, -0.2) is 39.1 Å². The van der Waals surface area contributed by atoms with Gasteiger partial charge in [-0.25, -0.2) is 9.82 Å². The summed E-state index contributed by atoms with van der Waals surface area (Å²) in [5.41, 5.74) is 3.00. The first-order valence-corrected chi connectivity index (χ1v) is 7.83. The fraction of sp³-hybridized carbons (Fsp3) is 0.222. The molecule has 1 aliphatic heterocycles. The molecule has 1 amide bonds. The monoisotopic (exact) mass is 360 g/mol. The molecular formula is C18H17FN2O5. The number of benzene rings is 2. The van der Waals surface area contributed by atoms with Crippen molar-refractivity contribution in [2.45, 2.75) is 0 Å².